The third-order valence-corrected chi connectivity index (χ3v) is 2.62. The third kappa shape index (κ3) is 4.51. The Bertz CT molecular complexity index is 215. The molecule has 15 heavy (non-hydrogen) atoms. The van der Waals surface area contributed by atoms with Gasteiger partial charge in [0.1, 0.15) is 0 Å². The molecule has 4 heteroatoms. The van der Waals surface area contributed by atoms with Crippen molar-refractivity contribution in [1.29, 1.82) is 0 Å². The summed E-state index contributed by atoms with van der Waals surface area (Å²) in [6.07, 6.45) is 2.04. The summed E-state index contributed by atoms with van der Waals surface area (Å²) in [4.78, 5) is 13.5. The average Bonchev–Trinajstić information content (AvgIpc) is 2.14. The number of carbonyl (C=O) groups excluding carboxylic acids is 1. The summed E-state index contributed by atoms with van der Waals surface area (Å²) in [5.41, 5.74) is 0. The molecule has 88 valence electrons. The first-order chi connectivity index (χ1) is 6.88. The molecule has 0 unspecified atom stereocenters. The Hall–Kier alpha value is -0.770. The molecule has 1 rings (SSSR count). The second-order valence-electron chi connectivity index (χ2n) is 5.50. The summed E-state index contributed by atoms with van der Waals surface area (Å²) in [5.74, 6) is 0.743. The highest BCUT2D eigenvalue weighted by Gasteiger charge is 2.22. The van der Waals surface area contributed by atoms with Crippen LogP contribution in [0.3, 0.4) is 0 Å². The highest BCUT2D eigenvalue weighted by Crippen LogP contribution is 2.16. The summed E-state index contributed by atoms with van der Waals surface area (Å²) < 4.78 is 5.89. The lowest BCUT2D eigenvalue weighted by Gasteiger charge is -2.31. The van der Waals surface area contributed by atoms with Crippen LogP contribution >= 0.6 is 0 Å². The summed E-state index contributed by atoms with van der Waals surface area (Å²) >= 11 is 0. The van der Waals surface area contributed by atoms with Crippen molar-refractivity contribution in [2.75, 3.05) is 41.0 Å². The maximum atomic E-state index is 11.6. The summed E-state index contributed by atoms with van der Waals surface area (Å²) in [6, 6.07) is 0. The van der Waals surface area contributed by atoms with E-state index in [-0.39, 0.29) is 6.09 Å². The van der Waals surface area contributed by atoms with Crippen LogP contribution < -0.4 is 0 Å². The van der Waals surface area contributed by atoms with Crippen LogP contribution in [0.2, 0.25) is 0 Å². The number of hydrogen-bond acceptors (Lipinski definition) is 2. The number of carbonyl (C=O) groups is 1. The fourth-order valence-corrected chi connectivity index (χ4v) is 1.53. The fraction of sp³-hybridized carbons (Fsp3) is 0.909. The van der Waals surface area contributed by atoms with Crippen LogP contribution in [-0.2, 0) is 4.74 Å². The van der Waals surface area contributed by atoms with Crippen LogP contribution in [0.4, 0.5) is 4.79 Å². The monoisotopic (exact) mass is 215 g/mol. The van der Waals surface area contributed by atoms with E-state index >= 15 is 0 Å². The number of amides is 1. The van der Waals surface area contributed by atoms with Crippen molar-refractivity contribution in [2.45, 2.75) is 19.8 Å². The molecule has 0 N–H and O–H groups in total. The summed E-state index contributed by atoms with van der Waals surface area (Å²) in [6.45, 7) is 4.36. The Labute approximate surface area is 92.4 Å². The maximum absolute atomic E-state index is 11.6. The molecule has 0 atom stereocenters. The van der Waals surface area contributed by atoms with Crippen LogP contribution in [0.25, 0.3) is 0 Å². The van der Waals surface area contributed by atoms with Gasteiger partial charge in [-0.2, -0.15) is 0 Å². The zero-order valence-corrected chi connectivity index (χ0v) is 10.3. The van der Waals surface area contributed by atoms with Gasteiger partial charge in [0.2, 0.25) is 6.73 Å². The lowest BCUT2D eigenvalue weighted by molar-refractivity contribution is -0.888. The zero-order chi connectivity index (χ0) is 11.5. The van der Waals surface area contributed by atoms with Crippen molar-refractivity contribution in [3.8, 4) is 0 Å². The molecule has 1 aliphatic rings. The molecule has 0 aromatic carbocycles. The van der Waals surface area contributed by atoms with Gasteiger partial charge in [0, 0.05) is 13.1 Å². The second-order valence-corrected chi connectivity index (χ2v) is 5.50. The quantitative estimate of drug-likeness (QED) is 0.516. The normalized spacial score (nSPS) is 19.1. The number of likely N-dealkylation sites (tertiary alicyclic amines) is 1. The van der Waals surface area contributed by atoms with Crippen LogP contribution in [0.5, 0.6) is 0 Å². The smallest absolute Gasteiger partial charge is 0.399 e. The molecule has 1 saturated heterocycles. The Kier molecular flexibility index (Phi) is 3.97. The highest BCUT2D eigenvalue weighted by atomic mass is 16.6. The molecule has 0 aliphatic carbocycles. The predicted molar refractivity (Wildman–Crippen MR) is 59.4 cm³/mol. The predicted octanol–water partition coefficient (Wildman–Crippen LogP) is 1.52. The Balaban J connectivity index is 2.29. The lowest BCUT2D eigenvalue weighted by atomic mass is 10.00. The SMILES string of the molecule is CC1CCN(C(=O)OC[N+](C)(C)C)CC1. The van der Waals surface area contributed by atoms with E-state index in [0.717, 1.165) is 31.8 Å². The second kappa shape index (κ2) is 4.84. The van der Waals surface area contributed by atoms with Gasteiger partial charge in [-0.25, -0.2) is 4.79 Å². The highest BCUT2D eigenvalue weighted by molar-refractivity contribution is 5.67. The van der Waals surface area contributed by atoms with E-state index in [4.69, 9.17) is 4.74 Å². The van der Waals surface area contributed by atoms with Crippen LogP contribution in [0.1, 0.15) is 19.8 Å². The third-order valence-electron chi connectivity index (χ3n) is 2.62. The van der Waals surface area contributed by atoms with Crippen molar-refractivity contribution in [1.82, 2.24) is 4.90 Å². The number of ether oxygens (including phenoxy) is 1. The molecule has 0 aromatic rings. The number of hydrogen-bond donors (Lipinski definition) is 0. The molecule has 0 aromatic heterocycles. The first-order valence-electron chi connectivity index (χ1n) is 5.60. The van der Waals surface area contributed by atoms with Crippen molar-refractivity contribution in [2.24, 2.45) is 5.92 Å². The van der Waals surface area contributed by atoms with Crippen LogP contribution in [-0.4, -0.2) is 56.4 Å². The minimum absolute atomic E-state index is 0.157. The minimum Gasteiger partial charge on any atom is -0.399 e. The molecule has 1 aliphatic heterocycles. The molecule has 0 spiro atoms. The standard InChI is InChI=1S/C11H23N2O2/c1-10-5-7-12(8-6-10)11(14)15-9-13(2,3)4/h10H,5-9H2,1-4H3/q+1. The van der Waals surface area contributed by atoms with E-state index in [1.54, 1.807) is 0 Å². The summed E-state index contributed by atoms with van der Waals surface area (Å²) in [7, 11) is 6.02. The van der Waals surface area contributed by atoms with Crippen molar-refractivity contribution in [3.05, 3.63) is 0 Å². The van der Waals surface area contributed by atoms with Gasteiger partial charge in [-0.05, 0) is 18.8 Å². The molecule has 4 nitrogen and oxygen atoms in total. The fourth-order valence-electron chi connectivity index (χ4n) is 1.53. The van der Waals surface area contributed by atoms with Gasteiger partial charge >= 0.3 is 6.09 Å². The molecule has 1 heterocycles. The molecule has 1 amide bonds. The topological polar surface area (TPSA) is 29.5 Å². The summed E-state index contributed by atoms with van der Waals surface area (Å²) in [5, 5.41) is 0. The maximum Gasteiger partial charge on any atom is 0.414 e. The Morgan fingerprint density at radius 3 is 2.33 bits per heavy atom. The van der Waals surface area contributed by atoms with Gasteiger partial charge in [0.05, 0.1) is 21.1 Å². The van der Waals surface area contributed by atoms with E-state index in [1.807, 2.05) is 26.0 Å². The largest absolute Gasteiger partial charge is 0.414 e. The number of quaternary nitrogens is 1. The van der Waals surface area contributed by atoms with E-state index < -0.39 is 0 Å². The van der Waals surface area contributed by atoms with Crippen molar-refractivity contribution >= 4 is 6.09 Å². The number of nitrogens with zero attached hydrogens (tertiary/aromatic N) is 2. The van der Waals surface area contributed by atoms with Gasteiger partial charge in [0.15, 0.2) is 0 Å². The van der Waals surface area contributed by atoms with Gasteiger partial charge in [-0.1, -0.05) is 6.92 Å². The average molecular weight is 215 g/mol. The molecular formula is C11H23N2O2+. The van der Waals surface area contributed by atoms with E-state index in [9.17, 15) is 4.79 Å². The van der Waals surface area contributed by atoms with Crippen LogP contribution in [0, 0.1) is 5.92 Å². The van der Waals surface area contributed by atoms with E-state index in [1.165, 1.54) is 0 Å². The van der Waals surface area contributed by atoms with Gasteiger partial charge in [-0.15, -0.1) is 0 Å². The molecular weight excluding hydrogens is 192 g/mol. The van der Waals surface area contributed by atoms with Crippen LogP contribution in [0.15, 0.2) is 0 Å². The first kappa shape index (κ1) is 12.3. The van der Waals surface area contributed by atoms with Gasteiger partial charge < -0.3 is 9.64 Å². The number of piperidine rings is 1. The van der Waals surface area contributed by atoms with Crippen molar-refractivity contribution in [3.63, 3.8) is 0 Å². The Morgan fingerprint density at radius 1 is 1.33 bits per heavy atom. The molecule has 0 radical (unpaired) electrons. The number of rotatable bonds is 2. The zero-order valence-electron chi connectivity index (χ0n) is 10.3. The van der Waals surface area contributed by atoms with Gasteiger partial charge in [0.25, 0.3) is 0 Å². The van der Waals surface area contributed by atoms with Crippen molar-refractivity contribution < 1.29 is 14.0 Å². The lowest BCUT2D eigenvalue weighted by Crippen LogP contribution is -2.43. The Morgan fingerprint density at radius 2 is 1.87 bits per heavy atom. The minimum atomic E-state index is -0.157. The first-order valence-corrected chi connectivity index (χ1v) is 5.60. The van der Waals surface area contributed by atoms with E-state index in [0.29, 0.717) is 11.2 Å². The molecule has 1 fully saturated rings. The van der Waals surface area contributed by atoms with Gasteiger partial charge in [-0.3, -0.25) is 4.48 Å². The van der Waals surface area contributed by atoms with E-state index in [2.05, 4.69) is 6.92 Å². The molecule has 0 saturated carbocycles. The molecule has 0 bridgehead atoms.